The fraction of sp³-hybridized carbons (Fsp3) is 0.417. The van der Waals surface area contributed by atoms with Gasteiger partial charge in [-0.1, -0.05) is 0 Å². The lowest BCUT2D eigenvalue weighted by molar-refractivity contribution is -0.142. The maximum absolute atomic E-state index is 12.2. The van der Waals surface area contributed by atoms with Crippen molar-refractivity contribution in [3.8, 4) is 0 Å². The molecule has 0 bridgehead atoms. The number of alkyl halides is 3. The van der Waals surface area contributed by atoms with Gasteiger partial charge in [0.2, 0.25) is 5.91 Å². The van der Waals surface area contributed by atoms with Crippen LogP contribution < -0.4 is 5.32 Å². The molecule has 0 fully saturated rings. The van der Waals surface area contributed by atoms with Crippen molar-refractivity contribution in [3.05, 3.63) is 30.4 Å². The number of halogens is 3. The van der Waals surface area contributed by atoms with Gasteiger partial charge in [-0.25, -0.2) is 0 Å². The lowest BCUT2D eigenvalue weighted by Crippen LogP contribution is -2.25. The third kappa shape index (κ3) is 3.83. The van der Waals surface area contributed by atoms with Crippen molar-refractivity contribution in [2.45, 2.75) is 32.6 Å². The molecule has 0 radical (unpaired) electrons. The van der Waals surface area contributed by atoms with Crippen LogP contribution in [0.25, 0.3) is 0 Å². The van der Waals surface area contributed by atoms with Crippen LogP contribution >= 0.6 is 0 Å². The van der Waals surface area contributed by atoms with Gasteiger partial charge in [0.15, 0.2) is 0 Å². The Morgan fingerprint density at radius 3 is 2.71 bits per heavy atom. The number of carbonyl (C=O) groups is 1. The van der Waals surface area contributed by atoms with Crippen LogP contribution in [0.5, 0.6) is 0 Å². The van der Waals surface area contributed by atoms with Gasteiger partial charge in [0.25, 0.3) is 0 Å². The Balaban J connectivity index is 2.02. The van der Waals surface area contributed by atoms with Crippen molar-refractivity contribution in [3.63, 3.8) is 0 Å². The summed E-state index contributed by atoms with van der Waals surface area (Å²) in [7, 11) is 0. The van der Waals surface area contributed by atoms with Gasteiger partial charge in [-0.15, -0.1) is 0 Å². The predicted octanol–water partition coefficient (Wildman–Crippen LogP) is 2.15. The van der Waals surface area contributed by atoms with Crippen molar-refractivity contribution < 1.29 is 18.0 Å². The number of nitrogens with one attached hydrogen (secondary N) is 1. The van der Waals surface area contributed by atoms with E-state index in [1.54, 1.807) is 26.1 Å². The normalized spacial score (nSPS) is 13.2. The van der Waals surface area contributed by atoms with Crippen LogP contribution in [0.4, 0.5) is 18.9 Å². The molecule has 9 heteroatoms. The van der Waals surface area contributed by atoms with Gasteiger partial charge in [-0.3, -0.25) is 14.2 Å². The first-order chi connectivity index (χ1) is 9.76. The third-order valence-corrected chi connectivity index (χ3v) is 2.86. The molecule has 2 aromatic heterocycles. The Kier molecular flexibility index (Phi) is 4.01. The number of anilines is 1. The molecule has 21 heavy (non-hydrogen) atoms. The van der Waals surface area contributed by atoms with E-state index in [0.29, 0.717) is 0 Å². The van der Waals surface area contributed by atoms with Crippen molar-refractivity contribution in [1.82, 2.24) is 19.6 Å². The van der Waals surface area contributed by atoms with Crippen molar-refractivity contribution in [1.29, 1.82) is 0 Å². The highest BCUT2D eigenvalue weighted by Crippen LogP contribution is 2.18. The number of hydrogen-bond donors (Lipinski definition) is 1. The van der Waals surface area contributed by atoms with Crippen LogP contribution in [0, 0.1) is 6.92 Å². The number of rotatable bonds is 4. The summed E-state index contributed by atoms with van der Waals surface area (Å²) in [6, 6.07) is 1.18. The van der Waals surface area contributed by atoms with E-state index in [-0.39, 0.29) is 11.6 Å². The summed E-state index contributed by atoms with van der Waals surface area (Å²) in [4.78, 5) is 12.0. The molecule has 6 nitrogen and oxygen atoms in total. The van der Waals surface area contributed by atoms with Gasteiger partial charge in [0, 0.05) is 18.1 Å². The minimum absolute atomic E-state index is 0.209. The highest BCUT2D eigenvalue weighted by atomic mass is 19.4. The topological polar surface area (TPSA) is 64.7 Å². The van der Waals surface area contributed by atoms with Crippen LogP contribution in [0.15, 0.2) is 24.7 Å². The van der Waals surface area contributed by atoms with Crippen LogP contribution in [-0.4, -0.2) is 31.6 Å². The molecular formula is C12H14F3N5O. The van der Waals surface area contributed by atoms with Crippen LogP contribution in [0.3, 0.4) is 0 Å². The second-order valence-corrected chi connectivity index (χ2v) is 4.62. The Labute approximate surface area is 118 Å². The van der Waals surface area contributed by atoms with Gasteiger partial charge in [0.05, 0.1) is 11.9 Å². The molecule has 1 unspecified atom stereocenters. The monoisotopic (exact) mass is 301 g/mol. The van der Waals surface area contributed by atoms with E-state index >= 15 is 0 Å². The van der Waals surface area contributed by atoms with E-state index < -0.39 is 18.8 Å². The van der Waals surface area contributed by atoms with Gasteiger partial charge in [0.1, 0.15) is 12.6 Å². The number of amides is 1. The fourth-order valence-electron chi connectivity index (χ4n) is 1.84. The number of aromatic nitrogens is 4. The molecule has 0 spiro atoms. The standard InChI is InChI=1S/C12H14F3N5O/c1-8-3-4-16-20(8)9(2)11(21)18-10-5-17-19(6-10)7-12(13,14)15/h3-6,9H,7H2,1-2H3,(H,18,21). The average Bonchev–Trinajstić information content (AvgIpc) is 2.95. The highest BCUT2D eigenvalue weighted by molar-refractivity contribution is 5.93. The number of nitrogens with zero attached hydrogens (tertiary/aromatic N) is 4. The zero-order chi connectivity index (χ0) is 15.6. The summed E-state index contributed by atoms with van der Waals surface area (Å²) < 4.78 is 38.9. The minimum Gasteiger partial charge on any atom is -0.322 e. The number of aryl methyl sites for hydroxylation is 1. The zero-order valence-electron chi connectivity index (χ0n) is 11.4. The number of carbonyl (C=O) groups excluding carboxylic acids is 1. The molecule has 0 saturated heterocycles. The molecule has 114 valence electrons. The van der Waals surface area contributed by atoms with E-state index in [0.717, 1.165) is 16.6 Å². The Morgan fingerprint density at radius 1 is 1.43 bits per heavy atom. The molecule has 1 amide bonds. The van der Waals surface area contributed by atoms with Gasteiger partial charge >= 0.3 is 6.18 Å². The molecule has 2 heterocycles. The van der Waals surface area contributed by atoms with Crippen LogP contribution in [0.2, 0.25) is 0 Å². The summed E-state index contributed by atoms with van der Waals surface area (Å²) >= 11 is 0. The largest absolute Gasteiger partial charge is 0.408 e. The van der Waals surface area contributed by atoms with Gasteiger partial charge in [-0.05, 0) is 19.9 Å². The smallest absolute Gasteiger partial charge is 0.322 e. The van der Waals surface area contributed by atoms with Crippen LogP contribution in [0.1, 0.15) is 18.7 Å². The molecule has 0 aliphatic carbocycles. The van der Waals surface area contributed by atoms with Crippen molar-refractivity contribution in [2.75, 3.05) is 5.32 Å². The summed E-state index contributed by atoms with van der Waals surface area (Å²) in [6.07, 6.45) is -0.479. The maximum Gasteiger partial charge on any atom is 0.408 e. The lowest BCUT2D eigenvalue weighted by Gasteiger charge is -2.13. The minimum atomic E-state index is -4.35. The number of hydrogen-bond acceptors (Lipinski definition) is 3. The molecule has 1 atom stereocenters. The molecule has 0 aliphatic heterocycles. The van der Waals surface area contributed by atoms with Crippen molar-refractivity contribution >= 4 is 11.6 Å². The predicted molar refractivity (Wildman–Crippen MR) is 68.6 cm³/mol. The zero-order valence-corrected chi connectivity index (χ0v) is 11.4. The van der Waals surface area contributed by atoms with Gasteiger partial charge in [-0.2, -0.15) is 23.4 Å². The Hall–Kier alpha value is -2.32. The Bertz CT molecular complexity index is 631. The summed E-state index contributed by atoms with van der Waals surface area (Å²) in [5, 5.41) is 10.1. The lowest BCUT2D eigenvalue weighted by atomic mass is 10.3. The van der Waals surface area contributed by atoms with Gasteiger partial charge < -0.3 is 5.32 Å². The molecule has 2 aromatic rings. The summed E-state index contributed by atoms with van der Waals surface area (Å²) in [5.74, 6) is -0.381. The van der Waals surface area contributed by atoms with E-state index in [2.05, 4.69) is 15.5 Å². The molecule has 1 N–H and O–H groups in total. The SMILES string of the molecule is Cc1ccnn1C(C)C(=O)Nc1cnn(CC(F)(F)F)c1. The van der Waals surface area contributed by atoms with E-state index in [1.165, 1.54) is 10.9 Å². The summed E-state index contributed by atoms with van der Waals surface area (Å²) in [6.45, 7) is 2.25. The maximum atomic E-state index is 12.2. The second-order valence-electron chi connectivity index (χ2n) is 4.62. The first kappa shape index (κ1) is 15.1. The highest BCUT2D eigenvalue weighted by Gasteiger charge is 2.28. The molecule has 0 aliphatic rings. The quantitative estimate of drug-likeness (QED) is 0.941. The van der Waals surface area contributed by atoms with Crippen molar-refractivity contribution in [2.24, 2.45) is 0 Å². The molecular weight excluding hydrogens is 287 g/mol. The average molecular weight is 301 g/mol. The first-order valence-corrected chi connectivity index (χ1v) is 6.16. The van der Waals surface area contributed by atoms with E-state index in [4.69, 9.17) is 0 Å². The van der Waals surface area contributed by atoms with E-state index in [9.17, 15) is 18.0 Å². The molecule has 0 saturated carbocycles. The fourth-order valence-corrected chi connectivity index (χ4v) is 1.84. The second kappa shape index (κ2) is 5.58. The third-order valence-electron chi connectivity index (χ3n) is 2.86. The molecule has 0 aromatic carbocycles. The Morgan fingerprint density at radius 2 is 2.14 bits per heavy atom. The first-order valence-electron chi connectivity index (χ1n) is 6.16. The summed E-state index contributed by atoms with van der Waals surface area (Å²) in [5.41, 5.74) is 1.02. The molecule has 2 rings (SSSR count). The van der Waals surface area contributed by atoms with E-state index in [1.807, 2.05) is 0 Å². The van der Waals surface area contributed by atoms with Crippen LogP contribution in [-0.2, 0) is 11.3 Å².